The van der Waals surface area contributed by atoms with E-state index < -0.39 is 20.0 Å². The molecule has 11 heteroatoms. The lowest BCUT2D eigenvalue weighted by molar-refractivity contribution is 0.202. The Morgan fingerprint density at radius 3 is 2.50 bits per heavy atom. The molecule has 0 bridgehead atoms. The first-order valence-electron chi connectivity index (χ1n) is 15.7. The van der Waals surface area contributed by atoms with Crippen LogP contribution in [0.3, 0.4) is 0 Å². The van der Waals surface area contributed by atoms with Crippen LogP contribution in [-0.4, -0.2) is 46.3 Å². The lowest BCUT2D eigenvalue weighted by atomic mass is 10.1. The molecule has 6 rings (SSSR count). The monoisotopic (exact) mass is 642 g/mol. The summed E-state index contributed by atoms with van der Waals surface area (Å²) in [5.41, 5.74) is 5.19. The highest BCUT2D eigenvalue weighted by molar-refractivity contribution is 6.74. The number of ether oxygens (including phenoxy) is 1. The van der Waals surface area contributed by atoms with Crippen LogP contribution in [0.5, 0.6) is 5.75 Å². The van der Waals surface area contributed by atoms with Gasteiger partial charge in [-0.05, 0) is 62.0 Å². The van der Waals surface area contributed by atoms with Crippen LogP contribution >= 0.6 is 0 Å². The molecular weight excluding hydrogens is 603 g/mol. The van der Waals surface area contributed by atoms with E-state index in [0.717, 1.165) is 58.5 Å². The van der Waals surface area contributed by atoms with Crippen molar-refractivity contribution in [3.8, 4) is 17.3 Å². The fourth-order valence-electron chi connectivity index (χ4n) is 5.43. The summed E-state index contributed by atoms with van der Waals surface area (Å²) in [6.07, 6.45) is 6.28. The summed E-state index contributed by atoms with van der Waals surface area (Å²) < 4.78 is 44.2. The summed E-state index contributed by atoms with van der Waals surface area (Å²) in [5, 5.41) is 9.18. The summed E-state index contributed by atoms with van der Waals surface area (Å²) in [6, 6.07) is 12.0. The molecule has 2 aromatic carbocycles. The van der Waals surface area contributed by atoms with Gasteiger partial charge >= 0.3 is 0 Å². The van der Waals surface area contributed by atoms with Gasteiger partial charge in [0, 0.05) is 52.4 Å². The summed E-state index contributed by atoms with van der Waals surface area (Å²) in [7, 11) is -1.94. The molecule has 0 saturated carbocycles. The largest absolute Gasteiger partial charge is 0.491 e. The molecule has 240 valence electrons. The number of rotatable bonds is 10. The average Bonchev–Trinajstić information content (AvgIpc) is 3.63. The van der Waals surface area contributed by atoms with Gasteiger partial charge in [0.2, 0.25) is 0 Å². The van der Waals surface area contributed by atoms with E-state index in [9.17, 15) is 0 Å². The Labute approximate surface area is 269 Å². The number of para-hydroxylation sites is 1. The van der Waals surface area contributed by atoms with E-state index in [1.54, 1.807) is 17.1 Å². The van der Waals surface area contributed by atoms with Gasteiger partial charge in [0.1, 0.15) is 35.5 Å². The van der Waals surface area contributed by atoms with Gasteiger partial charge in [-0.3, -0.25) is 9.67 Å². The Hall–Kier alpha value is -4.22. The number of anilines is 2. The molecule has 0 saturated heterocycles. The van der Waals surface area contributed by atoms with Crippen molar-refractivity contribution in [3.63, 3.8) is 0 Å². The van der Waals surface area contributed by atoms with Crippen LogP contribution in [0.15, 0.2) is 54.9 Å². The van der Waals surface area contributed by atoms with Crippen molar-refractivity contribution in [2.24, 2.45) is 0 Å². The molecule has 0 unspecified atom stereocenters. The van der Waals surface area contributed by atoms with E-state index in [2.05, 4.69) is 44.2 Å². The molecule has 0 fully saturated rings. The fourth-order valence-corrected chi connectivity index (χ4v) is 6.46. The Balaban J connectivity index is 1.27. The number of nitrogens with one attached hydrogen (secondary N) is 1. The zero-order valence-electron chi connectivity index (χ0n) is 27.2. The zero-order chi connectivity index (χ0) is 32.6. The minimum Gasteiger partial charge on any atom is -0.491 e. The molecule has 1 N–H and O–H groups in total. The molecule has 8 nitrogen and oxygen atoms in total. The van der Waals surface area contributed by atoms with Gasteiger partial charge in [-0.1, -0.05) is 39.0 Å². The third-order valence-corrected chi connectivity index (χ3v) is 13.7. The Morgan fingerprint density at radius 1 is 1.00 bits per heavy atom. The maximum absolute atomic E-state index is 15.4. The van der Waals surface area contributed by atoms with Crippen LogP contribution < -0.4 is 10.1 Å². The van der Waals surface area contributed by atoms with Crippen molar-refractivity contribution < 1.29 is 17.9 Å². The van der Waals surface area contributed by atoms with Gasteiger partial charge in [0.25, 0.3) is 0 Å². The standard InChI is InChI=1S/C35H40F2N6O2Si/c1-22-20-38-15-14-29(22)39-33-24-11-9-12-30(24)40-34(41-33)32-25-10-7-8-13-31(25)43(42-32)21-26-27(36)18-23(19-28(26)37)44-16-17-45-46(5,6)35(2,3)4/h7-8,10,13-15,18-20H,9,11-12,16-17,21H2,1-6H3,(H,38,39,40,41). The van der Waals surface area contributed by atoms with Crippen LogP contribution in [0.2, 0.25) is 18.1 Å². The van der Waals surface area contributed by atoms with Crippen molar-refractivity contribution in [1.82, 2.24) is 24.7 Å². The third kappa shape index (κ3) is 6.39. The minimum absolute atomic E-state index is 0.0639. The maximum atomic E-state index is 15.4. The highest BCUT2D eigenvalue weighted by Crippen LogP contribution is 2.37. The Morgan fingerprint density at radius 2 is 1.76 bits per heavy atom. The molecule has 0 spiro atoms. The van der Waals surface area contributed by atoms with Gasteiger partial charge in [-0.25, -0.2) is 18.7 Å². The number of hydrogen-bond acceptors (Lipinski definition) is 7. The second kappa shape index (κ2) is 12.5. The van der Waals surface area contributed by atoms with Crippen molar-refractivity contribution in [1.29, 1.82) is 0 Å². The van der Waals surface area contributed by atoms with Crippen LogP contribution in [0.4, 0.5) is 20.3 Å². The minimum atomic E-state index is -1.94. The average molecular weight is 643 g/mol. The van der Waals surface area contributed by atoms with Gasteiger partial charge < -0.3 is 14.5 Å². The molecule has 0 radical (unpaired) electrons. The molecule has 0 amide bonds. The van der Waals surface area contributed by atoms with Crippen LogP contribution in [0.25, 0.3) is 22.4 Å². The number of benzene rings is 2. The first kappa shape index (κ1) is 31.7. The highest BCUT2D eigenvalue weighted by Gasteiger charge is 2.37. The van der Waals surface area contributed by atoms with Gasteiger partial charge in [-0.15, -0.1) is 0 Å². The van der Waals surface area contributed by atoms with Gasteiger partial charge in [0.15, 0.2) is 14.1 Å². The van der Waals surface area contributed by atoms with Gasteiger partial charge in [-0.2, -0.15) is 5.10 Å². The fraction of sp³-hybridized carbons (Fsp3) is 0.371. The third-order valence-electron chi connectivity index (χ3n) is 9.12. The lowest BCUT2D eigenvalue weighted by Crippen LogP contribution is -2.41. The highest BCUT2D eigenvalue weighted by atomic mass is 28.4. The van der Waals surface area contributed by atoms with Crippen molar-refractivity contribution in [3.05, 3.63) is 88.9 Å². The number of halogens is 2. The van der Waals surface area contributed by atoms with E-state index in [-0.39, 0.29) is 29.5 Å². The van der Waals surface area contributed by atoms with E-state index in [0.29, 0.717) is 18.1 Å². The predicted octanol–water partition coefficient (Wildman–Crippen LogP) is 8.16. The summed E-state index contributed by atoms with van der Waals surface area (Å²) in [4.78, 5) is 14.1. The van der Waals surface area contributed by atoms with E-state index in [1.807, 2.05) is 37.3 Å². The topological polar surface area (TPSA) is 87.0 Å². The van der Waals surface area contributed by atoms with Crippen LogP contribution in [-0.2, 0) is 23.8 Å². The Bertz CT molecular complexity index is 1880. The number of fused-ring (bicyclic) bond motifs is 2. The van der Waals surface area contributed by atoms with Crippen LogP contribution in [0.1, 0.15) is 49.6 Å². The molecule has 0 atom stereocenters. The zero-order valence-corrected chi connectivity index (χ0v) is 28.2. The first-order valence-corrected chi connectivity index (χ1v) is 18.6. The van der Waals surface area contributed by atoms with Gasteiger partial charge in [0.05, 0.1) is 18.7 Å². The number of aryl methyl sites for hydroxylation is 2. The second-order valence-electron chi connectivity index (χ2n) is 13.3. The van der Waals surface area contributed by atoms with Crippen molar-refractivity contribution >= 4 is 30.7 Å². The summed E-state index contributed by atoms with van der Waals surface area (Å²) in [5.74, 6) is -0.0642. The maximum Gasteiger partial charge on any atom is 0.192 e. The molecule has 3 heterocycles. The second-order valence-corrected chi connectivity index (χ2v) is 18.1. The lowest BCUT2D eigenvalue weighted by Gasteiger charge is -2.36. The molecule has 5 aromatic rings. The SMILES string of the molecule is Cc1cnccc1Nc1nc(-c2nn(Cc3c(F)cc(OCCO[Si](C)(C)C(C)(C)C)cc3F)c3ccccc23)nc2c1CCC2. The molecule has 1 aliphatic carbocycles. The molecular formula is C35H40F2N6O2Si. The van der Waals surface area contributed by atoms with Crippen molar-refractivity contribution in [2.45, 2.75) is 71.6 Å². The number of pyridine rings is 1. The van der Waals surface area contributed by atoms with E-state index in [1.165, 1.54) is 12.1 Å². The number of hydrogen-bond donors (Lipinski definition) is 1. The quantitative estimate of drug-likeness (QED) is 0.122. The summed E-state index contributed by atoms with van der Waals surface area (Å²) in [6.45, 7) is 13.2. The first-order chi connectivity index (χ1) is 21.9. The van der Waals surface area contributed by atoms with Crippen molar-refractivity contribution in [2.75, 3.05) is 18.5 Å². The smallest absolute Gasteiger partial charge is 0.192 e. The molecule has 3 aromatic heterocycles. The van der Waals surface area contributed by atoms with Crippen LogP contribution in [0, 0.1) is 18.6 Å². The van der Waals surface area contributed by atoms with E-state index in [4.69, 9.17) is 24.2 Å². The number of nitrogens with zero attached hydrogens (tertiary/aromatic N) is 5. The summed E-state index contributed by atoms with van der Waals surface area (Å²) >= 11 is 0. The predicted molar refractivity (Wildman–Crippen MR) is 179 cm³/mol. The molecule has 0 aliphatic heterocycles. The molecule has 46 heavy (non-hydrogen) atoms. The number of aromatic nitrogens is 5. The molecule has 1 aliphatic rings. The Kier molecular flexibility index (Phi) is 8.64. The normalized spacial score (nSPS) is 13.3. The van der Waals surface area contributed by atoms with E-state index >= 15 is 8.78 Å².